The lowest BCUT2D eigenvalue weighted by Gasteiger charge is -2.07. The number of halogens is 1. The van der Waals surface area contributed by atoms with E-state index in [2.05, 4.69) is 33.5 Å². The Morgan fingerprint density at radius 1 is 1.15 bits per heavy atom. The van der Waals surface area contributed by atoms with Gasteiger partial charge < -0.3 is 10.6 Å². The molecule has 0 aromatic heterocycles. The van der Waals surface area contributed by atoms with E-state index in [4.69, 9.17) is 0 Å². The van der Waals surface area contributed by atoms with Gasteiger partial charge in [-0.25, -0.2) is 0 Å². The van der Waals surface area contributed by atoms with Crippen LogP contribution in [-0.2, 0) is 16.0 Å². The summed E-state index contributed by atoms with van der Waals surface area (Å²) in [6, 6.07) is 7.57. The number of hydrogen-bond donors (Lipinski definition) is 2. The normalized spacial score (nSPS) is 10.1. The largest absolute Gasteiger partial charge is 0.355 e. The molecule has 0 fully saturated rings. The highest BCUT2D eigenvalue weighted by Crippen LogP contribution is 2.11. The third-order valence-electron chi connectivity index (χ3n) is 2.80. The van der Waals surface area contributed by atoms with Crippen molar-refractivity contribution < 1.29 is 9.59 Å². The fourth-order valence-corrected chi connectivity index (χ4v) is 2.19. The van der Waals surface area contributed by atoms with Crippen molar-refractivity contribution in [2.45, 2.75) is 32.6 Å². The monoisotopic (exact) mass is 340 g/mol. The van der Waals surface area contributed by atoms with Crippen molar-refractivity contribution in [1.29, 1.82) is 0 Å². The smallest absolute Gasteiger partial charge is 0.239 e. The van der Waals surface area contributed by atoms with Gasteiger partial charge in [0.1, 0.15) is 0 Å². The molecule has 5 heteroatoms. The Hall–Kier alpha value is -1.36. The van der Waals surface area contributed by atoms with Crippen LogP contribution < -0.4 is 10.6 Å². The first-order chi connectivity index (χ1) is 9.61. The Kier molecular flexibility index (Phi) is 7.95. The van der Waals surface area contributed by atoms with Crippen LogP contribution in [0.4, 0.5) is 0 Å². The zero-order valence-corrected chi connectivity index (χ0v) is 13.3. The van der Waals surface area contributed by atoms with Gasteiger partial charge in [0.2, 0.25) is 11.8 Å². The number of amides is 2. The van der Waals surface area contributed by atoms with Gasteiger partial charge in [-0.15, -0.1) is 0 Å². The molecular weight excluding hydrogens is 320 g/mol. The number of carbonyl (C=O) groups is 2. The van der Waals surface area contributed by atoms with Crippen LogP contribution in [0.1, 0.15) is 31.7 Å². The van der Waals surface area contributed by atoms with E-state index in [0.29, 0.717) is 6.54 Å². The van der Waals surface area contributed by atoms with Crippen molar-refractivity contribution in [2.75, 3.05) is 13.1 Å². The summed E-state index contributed by atoms with van der Waals surface area (Å²) in [6.07, 6.45) is 3.49. The maximum absolute atomic E-state index is 11.7. The summed E-state index contributed by atoms with van der Waals surface area (Å²) < 4.78 is 0.941. The second-order valence-electron chi connectivity index (χ2n) is 4.64. The maximum atomic E-state index is 11.7. The van der Waals surface area contributed by atoms with Gasteiger partial charge in [-0.3, -0.25) is 9.59 Å². The fourth-order valence-electron chi connectivity index (χ4n) is 1.74. The summed E-state index contributed by atoms with van der Waals surface area (Å²) in [7, 11) is 0. The van der Waals surface area contributed by atoms with Crippen LogP contribution in [0.5, 0.6) is 0 Å². The molecule has 0 bridgehead atoms. The molecule has 0 saturated carbocycles. The topological polar surface area (TPSA) is 58.2 Å². The highest BCUT2D eigenvalue weighted by Gasteiger charge is 2.06. The first-order valence-electron chi connectivity index (χ1n) is 6.89. The molecule has 0 aliphatic rings. The molecule has 0 saturated heterocycles. The average Bonchev–Trinajstić information content (AvgIpc) is 2.41. The van der Waals surface area contributed by atoms with E-state index in [1.807, 2.05) is 24.3 Å². The maximum Gasteiger partial charge on any atom is 0.239 e. The predicted molar refractivity (Wildman–Crippen MR) is 83.4 cm³/mol. The Bertz CT molecular complexity index is 449. The Morgan fingerprint density at radius 3 is 2.65 bits per heavy atom. The summed E-state index contributed by atoms with van der Waals surface area (Å²) in [4.78, 5) is 23.2. The lowest BCUT2D eigenvalue weighted by molar-refractivity contribution is -0.125. The van der Waals surface area contributed by atoms with Crippen LogP contribution in [0.15, 0.2) is 28.7 Å². The van der Waals surface area contributed by atoms with Crippen molar-refractivity contribution in [1.82, 2.24) is 10.6 Å². The second kappa shape index (κ2) is 9.53. The van der Waals surface area contributed by atoms with E-state index in [1.54, 1.807) is 0 Å². The van der Waals surface area contributed by atoms with Gasteiger partial charge in [-0.2, -0.15) is 0 Å². The molecule has 110 valence electrons. The summed E-state index contributed by atoms with van der Waals surface area (Å²) >= 11 is 3.36. The SMILES string of the molecule is CCCCCNC(=O)CNC(=O)Cc1cccc(Br)c1. The van der Waals surface area contributed by atoms with Gasteiger partial charge in [-0.05, 0) is 24.1 Å². The lowest BCUT2D eigenvalue weighted by atomic mass is 10.1. The number of nitrogens with one attached hydrogen (secondary N) is 2. The van der Waals surface area contributed by atoms with Crippen LogP contribution in [0.3, 0.4) is 0 Å². The molecular formula is C15H21BrN2O2. The average molecular weight is 341 g/mol. The number of benzene rings is 1. The molecule has 1 aromatic rings. The van der Waals surface area contributed by atoms with Crippen LogP contribution in [0.2, 0.25) is 0 Å². The molecule has 4 nitrogen and oxygen atoms in total. The molecule has 1 aromatic carbocycles. The molecule has 0 radical (unpaired) electrons. The highest BCUT2D eigenvalue weighted by atomic mass is 79.9. The zero-order valence-electron chi connectivity index (χ0n) is 11.7. The second-order valence-corrected chi connectivity index (χ2v) is 5.56. The minimum Gasteiger partial charge on any atom is -0.355 e. The Balaban J connectivity index is 2.21. The van der Waals surface area contributed by atoms with Crippen molar-refractivity contribution in [3.63, 3.8) is 0 Å². The quantitative estimate of drug-likeness (QED) is 0.714. The molecule has 0 atom stereocenters. The van der Waals surface area contributed by atoms with Crippen LogP contribution in [-0.4, -0.2) is 24.9 Å². The van der Waals surface area contributed by atoms with Gasteiger partial charge >= 0.3 is 0 Å². The first-order valence-corrected chi connectivity index (χ1v) is 7.69. The minimum atomic E-state index is -0.146. The van der Waals surface area contributed by atoms with Gasteiger partial charge in [0, 0.05) is 11.0 Å². The van der Waals surface area contributed by atoms with Crippen molar-refractivity contribution >= 4 is 27.7 Å². The molecule has 0 unspecified atom stereocenters. The summed E-state index contributed by atoms with van der Waals surface area (Å²) in [5, 5.41) is 5.41. The van der Waals surface area contributed by atoms with Gasteiger partial charge in [0.15, 0.2) is 0 Å². The van der Waals surface area contributed by atoms with Crippen molar-refractivity contribution in [2.24, 2.45) is 0 Å². The lowest BCUT2D eigenvalue weighted by Crippen LogP contribution is -2.37. The van der Waals surface area contributed by atoms with E-state index >= 15 is 0 Å². The summed E-state index contributed by atoms with van der Waals surface area (Å²) in [6.45, 7) is 2.83. The zero-order chi connectivity index (χ0) is 14.8. The number of carbonyl (C=O) groups excluding carboxylic acids is 2. The Morgan fingerprint density at radius 2 is 1.95 bits per heavy atom. The standard InChI is InChI=1S/C15H21BrN2O2/c1-2-3-4-8-17-15(20)11-18-14(19)10-12-6-5-7-13(16)9-12/h5-7,9H,2-4,8,10-11H2,1H3,(H,17,20)(H,18,19). The first kappa shape index (κ1) is 16.7. The minimum absolute atomic E-state index is 0.0406. The number of hydrogen-bond acceptors (Lipinski definition) is 2. The van der Waals surface area contributed by atoms with Gasteiger partial charge in [0.25, 0.3) is 0 Å². The predicted octanol–water partition coefficient (Wildman–Crippen LogP) is 2.41. The fraction of sp³-hybridized carbons (Fsp3) is 0.467. The Labute approximate surface area is 128 Å². The van der Waals surface area contributed by atoms with Crippen molar-refractivity contribution in [3.8, 4) is 0 Å². The van der Waals surface area contributed by atoms with Crippen LogP contribution in [0.25, 0.3) is 0 Å². The molecule has 0 aliphatic heterocycles. The number of unbranched alkanes of at least 4 members (excludes halogenated alkanes) is 2. The number of rotatable bonds is 8. The third kappa shape index (κ3) is 7.28. The highest BCUT2D eigenvalue weighted by molar-refractivity contribution is 9.10. The molecule has 2 amide bonds. The van der Waals surface area contributed by atoms with Crippen LogP contribution >= 0.6 is 15.9 Å². The third-order valence-corrected chi connectivity index (χ3v) is 3.30. The van der Waals surface area contributed by atoms with Gasteiger partial charge in [0.05, 0.1) is 13.0 Å². The molecule has 0 heterocycles. The van der Waals surface area contributed by atoms with E-state index in [1.165, 1.54) is 0 Å². The summed E-state index contributed by atoms with van der Waals surface area (Å²) in [5.41, 5.74) is 0.917. The molecule has 20 heavy (non-hydrogen) atoms. The molecule has 1 rings (SSSR count). The summed E-state index contributed by atoms with van der Waals surface area (Å²) in [5.74, 6) is -0.282. The van der Waals surface area contributed by atoms with E-state index < -0.39 is 0 Å². The van der Waals surface area contributed by atoms with E-state index in [9.17, 15) is 9.59 Å². The van der Waals surface area contributed by atoms with Gasteiger partial charge in [-0.1, -0.05) is 47.8 Å². The van der Waals surface area contributed by atoms with Crippen LogP contribution in [0, 0.1) is 0 Å². The van der Waals surface area contributed by atoms with E-state index in [-0.39, 0.29) is 24.8 Å². The molecule has 2 N–H and O–H groups in total. The van der Waals surface area contributed by atoms with E-state index in [0.717, 1.165) is 29.3 Å². The molecule has 0 aliphatic carbocycles. The van der Waals surface area contributed by atoms with Crippen molar-refractivity contribution in [3.05, 3.63) is 34.3 Å². The molecule has 0 spiro atoms.